The molecule has 2 unspecified atom stereocenters. The maximum atomic E-state index is 11.7. The topological polar surface area (TPSA) is 75.1 Å². The zero-order chi connectivity index (χ0) is 11.5. The molecular weight excluding hydrogens is 194 g/mol. The molecule has 0 bridgehead atoms. The largest absolute Gasteiger partial charge is 0.460 e. The lowest BCUT2D eigenvalue weighted by Crippen LogP contribution is -2.27. The molecule has 1 fully saturated rings. The van der Waals surface area contributed by atoms with E-state index in [0.717, 1.165) is 12.8 Å². The van der Waals surface area contributed by atoms with E-state index >= 15 is 0 Å². The number of azide groups is 1. The number of hydrogen-bond donors (Lipinski definition) is 0. The van der Waals surface area contributed by atoms with Crippen molar-refractivity contribution in [3.63, 3.8) is 0 Å². The molecule has 1 aliphatic rings. The molecule has 0 N–H and O–H groups in total. The van der Waals surface area contributed by atoms with Gasteiger partial charge < -0.3 is 4.74 Å². The summed E-state index contributed by atoms with van der Waals surface area (Å²) in [5, 5.41) is 3.63. The summed E-state index contributed by atoms with van der Waals surface area (Å²) in [6.45, 7) is 5.56. The predicted octanol–water partition coefficient (Wildman–Crippen LogP) is 2.81. The number of esters is 1. The van der Waals surface area contributed by atoms with E-state index in [0.29, 0.717) is 6.42 Å². The van der Waals surface area contributed by atoms with Crippen molar-refractivity contribution < 1.29 is 9.53 Å². The van der Waals surface area contributed by atoms with Crippen LogP contribution < -0.4 is 0 Å². The van der Waals surface area contributed by atoms with Gasteiger partial charge in [-0.2, -0.15) is 0 Å². The molecule has 84 valence electrons. The van der Waals surface area contributed by atoms with Crippen LogP contribution in [0.2, 0.25) is 0 Å². The van der Waals surface area contributed by atoms with Gasteiger partial charge in [-0.05, 0) is 45.6 Å². The number of ether oxygens (including phenoxy) is 1. The van der Waals surface area contributed by atoms with E-state index in [1.54, 1.807) is 0 Å². The molecule has 0 saturated heterocycles. The van der Waals surface area contributed by atoms with Gasteiger partial charge in [0, 0.05) is 11.0 Å². The highest BCUT2D eigenvalue weighted by atomic mass is 16.6. The second-order valence-corrected chi connectivity index (χ2v) is 4.90. The van der Waals surface area contributed by atoms with E-state index < -0.39 is 5.60 Å². The second-order valence-electron chi connectivity index (χ2n) is 4.90. The normalized spacial score (nSPS) is 25.8. The van der Waals surface area contributed by atoms with E-state index in [1.807, 2.05) is 20.8 Å². The highest BCUT2D eigenvalue weighted by Gasteiger charge is 2.32. The minimum absolute atomic E-state index is 0.0347. The molecule has 0 aromatic rings. The maximum absolute atomic E-state index is 11.7. The van der Waals surface area contributed by atoms with E-state index in [2.05, 4.69) is 10.0 Å². The van der Waals surface area contributed by atoms with Crippen LogP contribution in [0.15, 0.2) is 5.11 Å². The van der Waals surface area contributed by atoms with Crippen LogP contribution >= 0.6 is 0 Å². The number of carbonyl (C=O) groups is 1. The zero-order valence-electron chi connectivity index (χ0n) is 9.43. The Kier molecular flexibility index (Phi) is 3.58. The summed E-state index contributed by atoms with van der Waals surface area (Å²) in [5.74, 6) is -0.266. The van der Waals surface area contributed by atoms with Crippen molar-refractivity contribution in [1.29, 1.82) is 0 Å². The third-order valence-corrected chi connectivity index (χ3v) is 2.36. The number of carbonyl (C=O) groups excluding carboxylic acids is 1. The van der Waals surface area contributed by atoms with Gasteiger partial charge in [-0.3, -0.25) is 4.79 Å². The van der Waals surface area contributed by atoms with Gasteiger partial charge in [0.1, 0.15) is 5.60 Å². The number of hydrogen-bond acceptors (Lipinski definition) is 3. The van der Waals surface area contributed by atoms with Crippen LogP contribution in [0.1, 0.15) is 40.0 Å². The SMILES string of the molecule is CC(C)(C)OC(=O)C1CCC(N=[N+]=[N-])C1. The van der Waals surface area contributed by atoms with Crippen LogP contribution in [0, 0.1) is 5.92 Å². The van der Waals surface area contributed by atoms with Gasteiger partial charge in [0.15, 0.2) is 0 Å². The molecule has 0 aromatic carbocycles. The molecule has 0 amide bonds. The fourth-order valence-corrected chi connectivity index (χ4v) is 1.73. The first kappa shape index (κ1) is 11.9. The lowest BCUT2D eigenvalue weighted by Gasteiger charge is -2.21. The fraction of sp³-hybridized carbons (Fsp3) is 0.900. The highest BCUT2D eigenvalue weighted by Crippen LogP contribution is 2.30. The molecule has 0 aliphatic heterocycles. The lowest BCUT2D eigenvalue weighted by molar-refractivity contribution is -0.159. The van der Waals surface area contributed by atoms with Gasteiger partial charge in [-0.1, -0.05) is 5.11 Å². The summed E-state index contributed by atoms with van der Waals surface area (Å²) >= 11 is 0. The molecular formula is C10H17N3O2. The Balaban J connectivity index is 2.47. The summed E-state index contributed by atoms with van der Waals surface area (Å²) in [7, 11) is 0. The summed E-state index contributed by atoms with van der Waals surface area (Å²) < 4.78 is 5.27. The third kappa shape index (κ3) is 3.80. The minimum atomic E-state index is -0.437. The molecule has 0 spiro atoms. The van der Waals surface area contributed by atoms with Crippen LogP contribution in [-0.4, -0.2) is 17.6 Å². The summed E-state index contributed by atoms with van der Waals surface area (Å²) in [5.41, 5.74) is 7.84. The van der Waals surface area contributed by atoms with Crippen molar-refractivity contribution in [2.75, 3.05) is 0 Å². The first-order valence-electron chi connectivity index (χ1n) is 5.19. The van der Waals surface area contributed by atoms with Crippen LogP contribution in [-0.2, 0) is 9.53 Å². The third-order valence-electron chi connectivity index (χ3n) is 2.36. The molecule has 0 radical (unpaired) electrons. The summed E-state index contributed by atoms with van der Waals surface area (Å²) in [6.07, 6.45) is 2.17. The minimum Gasteiger partial charge on any atom is -0.460 e. The number of nitrogens with zero attached hydrogens (tertiary/aromatic N) is 3. The van der Waals surface area contributed by atoms with Gasteiger partial charge in [0.25, 0.3) is 0 Å². The molecule has 15 heavy (non-hydrogen) atoms. The highest BCUT2D eigenvalue weighted by molar-refractivity contribution is 5.73. The maximum Gasteiger partial charge on any atom is 0.309 e. The van der Waals surface area contributed by atoms with Gasteiger partial charge >= 0.3 is 5.97 Å². The van der Waals surface area contributed by atoms with E-state index in [1.165, 1.54) is 0 Å². The van der Waals surface area contributed by atoms with Gasteiger partial charge in [0.05, 0.1) is 5.92 Å². The molecule has 0 heterocycles. The average Bonchev–Trinajstić information content (AvgIpc) is 2.50. The van der Waals surface area contributed by atoms with E-state index in [9.17, 15) is 4.79 Å². The number of rotatable bonds is 2. The Morgan fingerprint density at radius 3 is 2.67 bits per heavy atom. The smallest absolute Gasteiger partial charge is 0.309 e. The van der Waals surface area contributed by atoms with Crippen LogP contribution in [0.3, 0.4) is 0 Å². The Hall–Kier alpha value is -1.22. The van der Waals surface area contributed by atoms with Crippen molar-refractivity contribution >= 4 is 5.97 Å². The molecule has 2 atom stereocenters. The van der Waals surface area contributed by atoms with Crippen molar-refractivity contribution in [3.8, 4) is 0 Å². The zero-order valence-corrected chi connectivity index (χ0v) is 9.43. The molecule has 1 rings (SSSR count). The van der Waals surface area contributed by atoms with Crippen molar-refractivity contribution in [2.45, 2.75) is 51.7 Å². The summed E-state index contributed by atoms with van der Waals surface area (Å²) in [6, 6.07) is -0.0347. The van der Waals surface area contributed by atoms with E-state index in [-0.39, 0.29) is 17.9 Å². The Morgan fingerprint density at radius 2 is 2.13 bits per heavy atom. The van der Waals surface area contributed by atoms with E-state index in [4.69, 9.17) is 10.3 Å². The quantitative estimate of drug-likeness (QED) is 0.305. The van der Waals surface area contributed by atoms with Crippen molar-refractivity contribution in [2.24, 2.45) is 11.0 Å². The Bertz CT molecular complexity index is 290. The first-order chi connectivity index (χ1) is 6.92. The summed E-state index contributed by atoms with van der Waals surface area (Å²) in [4.78, 5) is 14.4. The predicted molar refractivity (Wildman–Crippen MR) is 56.1 cm³/mol. The van der Waals surface area contributed by atoms with Crippen LogP contribution in [0.4, 0.5) is 0 Å². The molecule has 1 aliphatic carbocycles. The Morgan fingerprint density at radius 1 is 1.47 bits per heavy atom. The fourth-order valence-electron chi connectivity index (χ4n) is 1.73. The Labute approximate surface area is 89.4 Å². The molecule has 0 aromatic heterocycles. The van der Waals surface area contributed by atoms with Crippen molar-refractivity contribution in [3.05, 3.63) is 10.4 Å². The van der Waals surface area contributed by atoms with Crippen molar-refractivity contribution in [1.82, 2.24) is 0 Å². The monoisotopic (exact) mass is 211 g/mol. The molecule has 1 saturated carbocycles. The average molecular weight is 211 g/mol. The van der Waals surface area contributed by atoms with Crippen LogP contribution in [0.5, 0.6) is 0 Å². The molecule has 5 nitrogen and oxygen atoms in total. The standard InChI is InChI=1S/C10H17N3O2/c1-10(2,3)15-9(14)7-4-5-8(6-7)12-13-11/h7-8H,4-6H2,1-3H3. The first-order valence-corrected chi connectivity index (χ1v) is 5.19. The van der Waals surface area contributed by atoms with Gasteiger partial charge in [-0.25, -0.2) is 0 Å². The van der Waals surface area contributed by atoms with Gasteiger partial charge in [0.2, 0.25) is 0 Å². The van der Waals surface area contributed by atoms with Gasteiger partial charge in [-0.15, -0.1) is 0 Å². The second kappa shape index (κ2) is 4.53. The van der Waals surface area contributed by atoms with Crippen LogP contribution in [0.25, 0.3) is 10.4 Å². The molecule has 5 heteroatoms. The lowest BCUT2D eigenvalue weighted by atomic mass is 10.1.